The number of aromatic hydroxyl groups is 1. The van der Waals surface area contributed by atoms with Gasteiger partial charge in [-0.1, -0.05) is 18.2 Å². The Hall–Kier alpha value is -2.36. The maximum absolute atomic E-state index is 13.7. The average molecular weight is 228 g/mol. The molecule has 0 spiro atoms. The molecule has 84 valence electrons. The number of rotatable bonds is 0. The molecule has 4 heteroatoms. The second-order valence-electron chi connectivity index (χ2n) is 3.84. The smallest absolute Gasteiger partial charge is 0.191 e. The Morgan fingerprint density at radius 2 is 1.82 bits per heavy atom. The highest BCUT2D eigenvalue weighted by atomic mass is 19.1. The molecule has 2 aromatic carbocycles. The van der Waals surface area contributed by atoms with Crippen LogP contribution in [0.4, 0.5) is 10.1 Å². The Morgan fingerprint density at radius 3 is 2.65 bits per heavy atom. The second kappa shape index (κ2) is 3.31. The zero-order valence-electron chi connectivity index (χ0n) is 8.81. The highest BCUT2D eigenvalue weighted by Gasteiger charge is 2.12. The van der Waals surface area contributed by atoms with Crippen LogP contribution in [0.1, 0.15) is 0 Å². The highest BCUT2D eigenvalue weighted by molar-refractivity contribution is 6.06. The number of benzene rings is 2. The van der Waals surface area contributed by atoms with Crippen LogP contribution < -0.4 is 5.73 Å². The molecule has 0 unspecified atom stereocenters. The molecule has 17 heavy (non-hydrogen) atoms. The third-order valence-electron chi connectivity index (χ3n) is 2.81. The van der Waals surface area contributed by atoms with Crippen molar-refractivity contribution in [1.29, 1.82) is 0 Å². The minimum atomic E-state index is -0.736. The van der Waals surface area contributed by atoms with Gasteiger partial charge in [-0.05, 0) is 18.2 Å². The summed E-state index contributed by atoms with van der Waals surface area (Å²) in [6, 6.07) is 10.1. The molecule has 0 aliphatic carbocycles. The summed E-state index contributed by atoms with van der Waals surface area (Å²) in [5.41, 5.74) is 7.17. The first-order valence-electron chi connectivity index (χ1n) is 5.14. The number of hydrogen-bond donors (Lipinski definition) is 2. The van der Waals surface area contributed by atoms with Crippen LogP contribution in [-0.2, 0) is 0 Å². The van der Waals surface area contributed by atoms with E-state index in [1.165, 1.54) is 6.07 Å². The Labute approximate surface area is 96.3 Å². The largest absolute Gasteiger partial charge is 0.505 e. The van der Waals surface area contributed by atoms with E-state index >= 15 is 0 Å². The van der Waals surface area contributed by atoms with Gasteiger partial charge in [0.15, 0.2) is 11.6 Å². The standard InChI is InChI=1S/C13H9FN2O/c14-11-10(17)6-5-8-12(15)7-3-1-2-4-9(7)16-13(8)11/h1-6,17H,(H2,15,16). The van der Waals surface area contributed by atoms with Gasteiger partial charge in [0.25, 0.3) is 0 Å². The summed E-state index contributed by atoms with van der Waals surface area (Å²) < 4.78 is 13.7. The van der Waals surface area contributed by atoms with Crippen molar-refractivity contribution in [3.8, 4) is 5.75 Å². The van der Waals surface area contributed by atoms with Gasteiger partial charge >= 0.3 is 0 Å². The van der Waals surface area contributed by atoms with Crippen LogP contribution in [0, 0.1) is 5.82 Å². The van der Waals surface area contributed by atoms with Crippen LogP contribution in [0.15, 0.2) is 36.4 Å². The van der Waals surface area contributed by atoms with Crippen molar-refractivity contribution in [2.75, 3.05) is 5.73 Å². The van der Waals surface area contributed by atoms with Gasteiger partial charge in [-0.3, -0.25) is 0 Å². The van der Waals surface area contributed by atoms with E-state index in [0.717, 1.165) is 5.39 Å². The number of anilines is 1. The fourth-order valence-electron chi connectivity index (χ4n) is 1.94. The molecule has 3 aromatic rings. The number of aromatic nitrogens is 1. The Bertz CT molecular complexity index is 740. The van der Waals surface area contributed by atoms with E-state index in [0.29, 0.717) is 16.6 Å². The molecule has 0 amide bonds. The van der Waals surface area contributed by atoms with Gasteiger partial charge in [0.05, 0.1) is 11.2 Å². The predicted molar refractivity (Wildman–Crippen MR) is 65.3 cm³/mol. The molecule has 1 heterocycles. The molecule has 0 atom stereocenters. The maximum Gasteiger partial charge on any atom is 0.191 e. The van der Waals surface area contributed by atoms with Crippen LogP contribution >= 0.6 is 0 Å². The fraction of sp³-hybridized carbons (Fsp3) is 0. The fourth-order valence-corrected chi connectivity index (χ4v) is 1.94. The molecule has 0 fully saturated rings. The average Bonchev–Trinajstić information content (AvgIpc) is 2.35. The maximum atomic E-state index is 13.7. The third-order valence-corrected chi connectivity index (χ3v) is 2.81. The van der Waals surface area contributed by atoms with Gasteiger partial charge in [0.2, 0.25) is 0 Å². The number of phenols is 1. The molecule has 0 aliphatic heterocycles. The van der Waals surface area contributed by atoms with E-state index < -0.39 is 11.6 Å². The molecule has 3 N–H and O–H groups in total. The van der Waals surface area contributed by atoms with Crippen molar-refractivity contribution in [3.63, 3.8) is 0 Å². The summed E-state index contributed by atoms with van der Waals surface area (Å²) in [5, 5.41) is 10.6. The SMILES string of the molecule is Nc1c2ccccc2nc2c(F)c(O)ccc12. The van der Waals surface area contributed by atoms with Gasteiger partial charge in [-0.25, -0.2) is 9.37 Å². The number of hydrogen-bond acceptors (Lipinski definition) is 3. The number of para-hydroxylation sites is 1. The molecule has 3 nitrogen and oxygen atoms in total. The van der Waals surface area contributed by atoms with E-state index in [9.17, 15) is 9.50 Å². The number of nitrogen functional groups attached to an aromatic ring is 1. The summed E-state index contributed by atoms with van der Waals surface area (Å²) in [6.45, 7) is 0. The lowest BCUT2D eigenvalue weighted by atomic mass is 10.1. The molecular weight excluding hydrogens is 219 g/mol. The number of nitrogens with zero attached hydrogens (tertiary/aromatic N) is 1. The molecule has 0 saturated heterocycles. The van der Waals surface area contributed by atoms with Crippen LogP contribution in [0.3, 0.4) is 0 Å². The van der Waals surface area contributed by atoms with Crippen molar-refractivity contribution in [2.45, 2.75) is 0 Å². The van der Waals surface area contributed by atoms with E-state index in [-0.39, 0.29) is 5.52 Å². The number of fused-ring (bicyclic) bond motifs is 2. The first kappa shape index (κ1) is 9.84. The highest BCUT2D eigenvalue weighted by Crippen LogP contribution is 2.32. The lowest BCUT2D eigenvalue weighted by Gasteiger charge is -2.07. The molecule has 0 saturated carbocycles. The first-order chi connectivity index (χ1) is 8.18. The lowest BCUT2D eigenvalue weighted by Crippen LogP contribution is -1.94. The molecule has 0 bridgehead atoms. The van der Waals surface area contributed by atoms with Crippen LogP contribution in [0.5, 0.6) is 5.75 Å². The van der Waals surface area contributed by atoms with Gasteiger partial charge in [0, 0.05) is 10.8 Å². The molecular formula is C13H9FN2O. The quantitative estimate of drug-likeness (QED) is 0.581. The topological polar surface area (TPSA) is 59.1 Å². The van der Waals surface area contributed by atoms with Crippen molar-refractivity contribution in [1.82, 2.24) is 4.98 Å². The minimum Gasteiger partial charge on any atom is -0.505 e. The van der Waals surface area contributed by atoms with Gasteiger partial charge < -0.3 is 10.8 Å². The van der Waals surface area contributed by atoms with Gasteiger partial charge in [-0.2, -0.15) is 0 Å². The molecule has 3 rings (SSSR count). The monoisotopic (exact) mass is 228 g/mol. The Balaban J connectivity index is 2.59. The number of halogens is 1. The lowest BCUT2D eigenvalue weighted by molar-refractivity contribution is 0.435. The summed E-state index contributed by atoms with van der Waals surface area (Å²) in [7, 11) is 0. The van der Waals surface area contributed by atoms with Crippen molar-refractivity contribution in [3.05, 3.63) is 42.2 Å². The van der Waals surface area contributed by atoms with Crippen LogP contribution in [0.2, 0.25) is 0 Å². The Kier molecular flexibility index (Phi) is 1.92. The van der Waals surface area contributed by atoms with E-state index in [4.69, 9.17) is 5.73 Å². The van der Waals surface area contributed by atoms with Crippen molar-refractivity contribution in [2.24, 2.45) is 0 Å². The minimum absolute atomic E-state index is 0.0983. The Morgan fingerprint density at radius 1 is 1.06 bits per heavy atom. The molecule has 0 aliphatic rings. The first-order valence-corrected chi connectivity index (χ1v) is 5.14. The van der Waals surface area contributed by atoms with Crippen molar-refractivity contribution < 1.29 is 9.50 Å². The van der Waals surface area contributed by atoms with E-state index in [1.54, 1.807) is 18.2 Å². The zero-order chi connectivity index (χ0) is 12.0. The van der Waals surface area contributed by atoms with E-state index in [1.807, 2.05) is 12.1 Å². The zero-order valence-corrected chi connectivity index (χ0v) is 8.81. The number of phenolic OH excluding ortho intramolecular Hbond substituents is 1. The van der Waals surface area contributed by atoms with E-state index in [2.05, 4.69) is 4.98 Å². The van der Waals surface area contributed by atoms with Gasteiger partial charge in [-0.15, -0.1) is 0 Å². The number of nitrogens with two attached hydrogens (primary N) is 1. The summed E-state index contributed by atoms with van der Waals surface area (Å²) >= 11 is 0. The summed E-state index contributed by atoms with van der Waals surface area (Å²) in [6.07, 6.45) is 0. The third kappa shape index (κ3) is 1.30. The second-order valence-corrected chi connectivity index (χ2v) is 3.84. The van der Waals surface area contributed by atoms with Crippen LogP contribution in [0.25, 0.3) is 21.8 Å². The molecule has 1 aromatic heterocycles. The molecule has 0 radical (unpaired) electrons. The van der Waals surface area contributed by atoms with Crippen molar-refractivity contribution >= 4 is 27.5 Å². The number of pyridine rings is 1. The van der Waals surface area contributed by atoms with Gasteiger partial charge in [0.1, 0.15) is 5.52 Å². The van der Waals surface area contributed by atoms with Crippen LogP contribution in [-0.4, -0.2) is 10.1 Å². The predicted octanol–water partition coefficient (Wildman–Crippen LogP) is 2.81. The summed E-state index contributed by atoms with van der Waals surface area (Å²) in [4.78, 5) is 4.18. The normalized spacial score (nSPS) is 11.1. The summed E-state index contributed by atoms with van der Waals surface area (Å²) in [5.74, 6) is -1.15.